The number of aryl methyl sites for hydroxylation is 3. The summed E-state index contributed by atoms with van der Waals surface area (Å²) in [5.41, 5.74) is 8.85. The van der Waals surface area contributed by atoms with Crippen molar-refractivity contribution in [2.75, 3.05) is 19.7 Å². The fourth-order valence-electron chi connectivity index (χ4n) is 1.64. The Morgan fingerprint density at radius 3 is 2.56 bits per heavy atom. The fourth-order valence-corrected chi connectivity index (χ4v) is 1.64. The Bertz CT molecular complexity index is 417. The number of rotatable bonds is 6. The SMILES string of the molecule is Cc1cc(C)c(OCCC(=O)NCCN)cc1C. The summed E-state index contributed by atoms with van der Waals surface area (Å²) in [4.78, 5) is 11.4. The molecule has 0 saturated heterocycles. The summed E-state index contributed by atoms with van der Waals surface area (Å²) in [7, 11) is 0. The zero-order chi connectivity index (χ0) is 13.5. The first-order chi connectivity index (χ1) is 8.54. The van der Waals surface area contributed by atoms with Crippen LogP contribution < -0.4 is 15.8 Å². The summed E-state index contributed by atoms with van der Waals surface area (Å²) in [5.74, 6) is 0.826. The predicted molar refractivity (Wildman–Crippen MR) is 72.8 cm³/mol. The number of hydrogen-bond acceptors (Lipinski definition) is 3. The molecule has 18 heavy (non-hydrogen) atoms. The number of benzene rings is 1. The average Bonchev–Trinajstić information content (AvgIpc) is 2.33. The van der Waals surface area contributed by atoms with Crippen LogP contribution >= 0.6 is 0 Å². The average molecular weight is 250 g/mol. The van der Waals surface area contributed by atoms with E-state index in [0.29, 0.717) is 26.1 Å². The van der Waals surface area contributed by atoms with Crippen molar-refractivity contribution in [1.82, 2.24) is 5.32 Å². The van der Waals surface area contributed by atoms with Crippen molar-refractivity contribution in [2.24, 2.45) is 5.73 Å². The van der Waals surface area contributed by atoms with E-state index in [1.807, 2.05) is 13.0 Å². The van der Waals surface area contributed by atoms with Crippen LogP contribution in [0, 0.1) is 20.8 Å². The molecule has 0 aliphatic rings. The molecule has 1 aromatic rings. The van der Waals surface area contributed by atoms with Crippen LogP contribution in [-0.4, -0.2) is 25.6 Å². The van der Waals surface area contributed by atoms with E-state index in [9.17, 15) is 4.79 Å². The first-order valence-corrected chi connectivity index (χ1v) is 6.22. The molecule has 4 nitrogen and oxygen atoms in total. The summed E-state index contributed by atoms with van der Waals surface area (Å²) < 4.78 is 5.63. The summed E-state index contributed by atoms with van der Waals surface area (Å²) >= 11 is 0. The van der Waals surface area contributed by atoms with Crippen molar-refractivity contribution in [2.45, 2.75) is 27.2 Å². The predicted octanol–water partition coefficient (Wildman–Crippen LogP) is 1.46. The van der Waals surface area contributed by atoms with Gasteiger partial charge in [0.25, 0.3) is 0 Å². The Labute approximate surface area is 109 Å². The first kappa shape index (κ1) is 14.5. The third-order valence-corrected chi connectivity index (χ3v) is 2.84. The van der Waals surface area contributed by atoms with E-state index in [-0.39, 0.29) is 5.91 Å². The highest BCUT2D eigenvalue weighted by atomic mass is 16.5. The zero-order valence-electron chi connectivity index (χ0n) is 11.4. The van der Waals surface area contributed by atoms with Crippen molar-refractivity contribution in [3.63, 3.8) is 0 Å². The van der Waals surface area contributed by atoms with Crippen molar-refractivity contribution >= 4 is 5.91 Å². The fraction of sp³-hybridized carbons (Fsp3) is 0.500. The van der Waals surface area contributed by atoms with Gasteiger partial charge in [0.15, 0.2) is 0 Å². The van der Waals surface area contributed by atoms with Crippen molar-refractivity contribution in [1.29, 1.82) is 0 Å². The van der Waals surface area contributed by atoms with Crippen molar-refractivity contribution in [3.05, 3.63) is 28.8 Å². The molecule has 0 aliphatic heterocycles. The Morgan fingerprint density at radius 2 is 1.89 bits per heavy atom. The first-order valence-electron chi connectivity index (χ1n) is 6.22. The van der Waals surface area contributed by atoms with Gasteiger partial charge in [0.1, 0.15) is 5.75 Å². The molecule has 0 fully saturated rings. The van der Waals surface area contributed by atoms with E-state index in [1.165, 1.54) is 11.1 Å². The number of amides is 1. The molecule has 1 aromatic carbocycles. The molecule has 1 amide bonds. The minimum atomic E-state index is -0.0260. The maximum absolute atomic E-state index is 11.4. The van der Waals surface area contributed by atoms with Gasteiger partial charge >= 0.3 is 0 Å². The van der Waals surface area contributed by atoms with Crippen LogP contribution in [0.4, 0.5) is 0 Å². The molecular weight excluding hydrogens is 228 g/mol. The molecule has 0 aliphatic carbocycles. The third kappa shape index (κ3) is 4.37. The molecule has 0 radical (unpaired) electrons. The molecular formula is C14H22N2O2. The van der Waals surface area contributed by atoms with Gasteiger partial charge in [0.2, 0.25) is 5.91 Å². The highest BCUT2D eigenvalue weighted by molar-refractivity contribution is 5.75. The highest BCUT2D eigenvalue weighted by Crippen LogP contribution is 2.22. The summed E-state index contributed by atoms with van der Waals surface area (Å²) in [6.45, 7) is 7.50. The van der Waals surface area contributed by atoms with Gasteiger partial charge in [-0.15, -0.1) is 0 Å². The van der Waals surface area contributed by atoms with E-state index in [1.54, 1.807) is 0 Å². The second-order valence-electron chi connectivity index (χ2n) is 4.44. The van der Waals surface area contributed by atoms with Gasteiger partial charge in [-0.3, -0.25) is 4.79 Å². The smallest absolute Gasteiger partial charge is 0.223 e. The monoisotopic (exact) mass is 250 g/mol. The van der Waals surface area contributed by atoms with Crippen LogP contribution in [-0.2, 0) is 4.79 Å². The van der Waals surface area contributed by atoms with Crippen LogP contribution in [0.2, 0.25) is 0 Å². The minimum absolute atomic E-state index is 0.0260. The van der Waals surface area contributed by atoms with E-state index in [2.05, 4.69) is 25.2 Å². The van der Waals surface area contributed by atoms with Gasteiger partial charge in [-0.1, -0.05) is 6.07 Å². The van der Waals surface area contributed by atoms with Crippen LogP contribution in [0.1, 0.15) is 23.1 Å². The number of hydrogen-bond donors (Lipinski definition) is 2. The standard InChI is InChI=1S/C14H22N2O2/c1-10-8-12(3)13(9-11(10)2)18-7-4-14(17)16-6-5-15/h8-9H,4-7,15H2,1-3H3,(H,16,17). The van der Waals surface area contributed by atoms with Gasteiger partial charge < -0.3 is 15.8 Å². The number of nitrogens with one attached hydrogen (secondary N) is 1. The number of carbonyl (C=O) groups excluding carboxylic acids is 1. The van der Waals surface area contributed by atoms with Crippen molar-refractivity contribution < 1.29 is 9.53 Å². The maximum Gasteiger partial charge on any atom is 0.223 e. The maximum atomic E-state index is 11.4. The normalized spacial score (nSPS) is 10.2. The quantitative estimate of drug-likeness (QED) is 0.803. The lowest BCUT2D eigenvalue weighted by Crippen LogP contribution is -2.29. The largest absolute Gasteiger partial charge is 0.493 e. The van der Waals surface area contributed by atoms with Gasteiger partial charge in [-0.05, 0) is 43.5 Å². The molecule has 3 N–H and O–H groups in total. The van der Waals surface area contributed by atoms with Gasteiger partial charge in [-0.25, -0.2) is 0 Å². The van der Waals surface area contributed by atoms with Crippen LogP contribution in [0.3, 0.4) is 0 Å². The van der Waals surface area contributed by atoms with Crippen LogP contribution in [0.25, 0.3) is 0 Å². The van der Waals surface area contributed by atoms with E-state index >= 15 is 0 Å². The lowest BCUT2D eigenvalue weighted by Gasteiger charge is -2.11. The molecule has 0 saturated carbocycles. The molecule has 1 rings (SSSR count). The highest BCUT2D eigenvalue weighted by Gasteiger charge is 2.05. The van der Waals surface area contributed by atoms with E-state index in [4.69, 9.17) is 10.5 Å². The number of ether oxygens (including phenoxy) is 1. The Kier molecular flexibility index (Phi) is 5.65. The van der Waals surface area contributed by atoms with Crippen LogP contribution in [0.15, 0.2) is 12.1 Å². The number of nitrogens with two attached hydrogens (primary N) is 1. The lowest BCUT2D eigenvalue weighted by atomic mass is 10.1. The summed E-state index contributed by atoms with van der Waals surface area (Å²) in [6.07, 6.45) is 0.354. The van der Waals surface area contributed by atoms with Gasteiger partial charge in [0.05, 0.1) is 13.0 Å². The molecule has 4 heteroatoms. The molecule has 0 atom stereocenters. The van der Waals surface area contributed by atoms with E-state index < -0.39 is 0 Å². The Balaban J connectivity index is 2.44. The molecule has 100 valence electrons. The zero-order valence-corrected chi connectivity index (χ0v) is 11.4. The van der Waals surface area contributed by atoms with E-state index in [0.717, 1.165) is 11.3 Å². The lowest BCUT2D eigenvalue weighted by molar-refractivity contribution is -0.121. The van der Waals surface area contributed by atoms with Gasteiger partial charge in [0, 0.05) is 13.1 Å². The van der Waals surface area contributed by atoms with Crippen LogP contribution in [0.5, 0.6) is 5.75 Å². The molecule has 0 aromatic heterocycles. The van der Waals surface area contributed by atoms with Crippen molar-refractivity contribution in [3.8, 4) is 5.75 Å². The summed E-state index contributed by atoms with van der Waals surface area (Å²) in [5, 5.41) is 2.71. The summed E-state index contributed by atoms with van der Waals surface area (Å²) in [6, 6.07) is 4.11. The molecule has 0 bridgehead atoms. The second-order valence-corrected chi connectivity index (χ2v) is 4.44. The molecule has 0 spiro atoms. The molecule has 0 unspecified atom stereocenters. The Morgan fingerprint density at radius 1 is 1.22 bits per heavy atom. The minimum Gasteiger partial charge on any atom is -0.493 e. The second kappa shape index (κ2) is 7.01. The number of carbonyl (C=O) groups is 1. The van der Waals surface area contributed by atoms with Gasteiger partial charge in [-0.2, -0.15) is 0 Å². The topological polar surface area (TPSA) is 64.3 Å². The Hall–Kier alpha value is -1.55. The molecule has 0 heterocycles. The third-order valence-electron chi connectivity index (χ3n) is 2.84.